The first kappa shape index (κ1) is 23.3. The third kappa shape index (κ3) is 5.29. The molecule has 1 amide bonds. The zero-order chi connectivity index (χ0) is 24.2. The van der Waals surface area contributed by atoms with Crippen LogP contribution in [0.1, 0.15) is 16.7 Å². The van der Waals surface area contributed by atoms with Crippen LogP contribution in [0.2, 0.25) is 0 Å². The highest BCUT2D eigenvalue weighted by Gasteiger charge is 2.31. The number of hydrogen-bond donors (Lipinski definition) is 0. The van der Waals surface area contributed by atoms with Gasteiger partial charge in [0.2, 0.25) is 0 Å². The Kier molecular flexibility index (Phi) is 6.93. The molecule has 0 unspecified atom stereocenters. The van der Waals surface area contributed by atoms with Crippen molar-refractivity contribution in [3.63, 3.8) is 0 Å². The zero-order valence-corrected chi connectivity index (χ0v) is 21.7. The number of para-hydroxylation sites is 1. The normalized spacial score (nSPS) is 14.3. The molecule has 35 heavy (non-hydrogen) atoms. The number of carbonyl (C=O) groups is 1. The van der Waals surface area contributed by atoms with E-state index < -0.39 is 0 Å². The molecule has 0 fully saturated rings. The number of benzene rings is 4. The van der Waals surface area contributed by atoms with Crippen molar-refractivity contribution in [3.8, 4) is 5.75 Å². The van der Waals surface area contributed by atoms with Gasteiger partial charge in [-0.1, -0.05) is 82.7 Å². The molecule has 0 saturated heterocycles. The van der Waals surface area contributed by atoms with E-state index in [1.807, 2.05) is 109 Å². The third-order valence-corrected chi connectivity index (χ3v) is 6.65. The van der Waals surface area contributed by atoms with E-state index in [9.17, 15) is 4.79 Å². The molecule has 0 aromatic heterocycles. The fourth-order valence-electron chi connectivity index (χ4n) is 3.73. The zero-order valence-electron chi connectivity index (χ0n) is 18.6. The molecule has 1 aliphatic rings. The van der Waals surface area contributed by atoms with Gasteiger partial charge in [-0.15, -0.1) is 0 Å². The number of amides is 1. The molecule has 1 heterocycles. The summed E-state index contributed by atoms with van der Waals surface area (Å²) < 4.78 is 7.84. The molecular formula is C29H20Br2N2O2. The van der Waals surface area contributed by atoms with E-state index in [1.165, 1.54) is 5.01 Å². The molecule has 0 bridgehead atoms. The Morgan fingerprint density at radius 3 is 2.20 bits per heavy atom. The smallest absolute Gasteiger partial charge is 0.281 e. The third-order valence-electron chi connectivity index (χ3n) is 5.50. The molecule has 172 valence electrons. The molecule has 0 saturated carbocycles. The van der Waals surface area contributed by atoms with Crippen molar-refractivity contribution in [1.29, 1.82) is 0 Å². The van der Waals surface area contributed by atoms with Gasteiger partial charge < -0.3 is 4.74 Å². The lowest BCUT2D eigenvalue weighted by Crippen LogP contribution is -2.21. The van der Waals surface area contributed by atoms with E-state index in [4.69, 9.17) is 4.74 Å². The Hall–Kier alpha value is -3.48. The van der Waals surface area contributed by atoms with Crippen molar-refractivity contribution in [2.24, 2.45) is 5.10 Å². The minimum Gasteiger partial charge on any atom is -0.488 e. The Labute approximate surface area is 220 Å². The summed E-state index contributed by atoms with van der Waals surface area (Å²) in [5.74, 6) is 0.567. The molecule has 6 heteroatoms. The fourth-order valence-corrected chi connectivity index (χ4v) is 4.51. The monoisotopic (exact) mass is 586 g/mol. The Morgan fingerprint density at radius 2 is 1.51 bits per heavy atom. The van der Waals surface area contributed by atoms with Crippen LogP contribution in [-0.2, 0) is 11.4 Å². The highest BCUT2D eigenvalue weighted by molar-refractivity contribution is 9.10. The van der Waals surface area contributed by atoms with Crippen LogP contribution in [0.4, 0.5) is 5.69 Å². The van der Waals surface area contributed by atoms with Gasteiger partial charge >= 0.3 is 0 Å². The first-order valence-corrected chi connectivity index (χ1v) is 12.6. The second-order valence-electron chi connectivity index (χ2n) is 7.93. The van der Waals surface area contributed by atoms with Gasteiger partial charge in [-0.25, -0.2) is 0 Å². The highest BCUT2D eigenvalue weighted by atomic mass is 79.9. The lowest BCUT2D eigenvalue weighted by Gasteiger charge is -2.11. The second kappa shape index (κ2) is 10.4. The molecule has 4 nitrogen and oxygen atoms in total. The maximum absolute atomic E-state index is 13.4. The number of carbonyl (C=O) groups excluding carboxylic acids is 1. The summed E-state index contributed by atoms with van der Waals surface area (Å²) in [4.78, 5) is 13.4. The Balaban J connectivity index is 1.43. The van der Waals surface area contributed by atoms with E-state index in [2.05, 4.69) is 37.0 Å². The molecule has 0 N–H and O–H groups in total. The summed E-state index contributed by atoms with van der Waals surface area (Å²) >= 11 is 7.07. The fraction of sp³-hybridized carbons (Fsp3) is 0.0345. The van der Waals surface area contributed by atoms with Gasteiger partial charge in [-0.2, -0.15) is 10.1 Å². The maximum atomic E-state index is 13.4. The SMILES string of the molecule is O=C1/C(=C\c2ccc(OCc3ccc(Br)cc3)c(Br)c2)C(c2ccccc2)=NN1c1ccccc1. The quantitative estimate of drug-likeness (QED) is 0.218. The predicted octanol–water partition coefficient (Wildman–Crippen LogP) is 7.63. The molecule has 4 aromatic rings. The van der Waals surface area contributed by atoms with Gasteiger partial charge in [0, 0.05) is 10.0 Å². The number of halogens is 2. The van der Waals surface area contributed by atoms with Gasteiger partial charge in [0.25, 0.3) is 5.91 Å². The summed E-state index contributed by atoms with van der Waals surface area (Å²) in [7, 11) is 0. The number of hydrazone groups is 1. The summed E-state index contributed by atoms with van der Waals surface area (Å²) in [5.41, 5.74) is 4.75. The molecule has 0 atom stereocenters. The van der Waals surface area contributed by atoms with Crippen LogP contribution in [0.15, 0.2) is 123 Å². The topological polar surface area (TPSA) is 41.9 Å². The van der Waals surface area contributed by atoms with Gasteiger partial charge in [-0.05, 0) is 69.5 Å². The van der Waals surface area contributed by atoms with Gasteiger partial charge in [0.1, 0.15) is 18.1 Å². The molecule has 5 rings (SSSR count). The maximum Gasteiger partial charge on any atom is 0.281 e. The molecular weight excluding hydrogens is 568 g/mol. The van der Waals surface area contributed by atoms with Gasteiger partial charge in [0.05, 0.1) is 15.7 Å². The van der Waals surface area contributed by atoms with Crippen molar-refractivity contribution < 1.29 is 9.53 Å². The van der Waals surface area contributed by atoms with Crippen LogP contribution < -0.4 is 9.75 Å². The molecule has 0 spiro atoms. The standard InChI is InChI=1S/C29H20Br2N2O2/c30-23-14-11-20(12-15-23)19-35-27-16-13-21(18-26(27)31)17-25-28(22-7-3-1-4-8-22)32-33(29(25)34)24-9-5-2-6-10-24/h1-18H,19H2/b25-17-. The van der Waals surface area contributed by atoms with Crippen LogP contribution in [0.3, 0.4) is 0 Å². The summed E-state index contributed by atoms with van der Waals surface area (Å²) in [6.45, 7) is 0.460. The van der Waals surface area contributed by atoms with E-state index >= 15 is 0 Å². The number of nitrogens with zero attached hydrogens (tertiary/aromatic N) is 2. The van der Waals surface area contributed by atoms with Crippen molar-refractivity contribution in [2.45, 2.75) is 6.61 Å². The molecule has 0 aliphatic carbocycles. The molecule has 4 aromatic carbocycles. The van der Waals surface area contributed by atoms with Crippen LogP contribution in [0.5, 0.6) is 5.75 Å². The van der Waals surface area contributed by atoms with E-state index in [0.717, 1.165) is 37.1 Å². The first-order chi connectivity index (χ1) is 17.1. The average Bonchev–Trinajstić information content (AvgIpc) is 3.21. The summed E-state index contributed by atoms with van der Waals surface area (Å²) in [6.07, 6.45) is 1.88. The number of anilines is 1. The Bertz CT molecular complexity index is 1420. The van der Waals surface area contributed by atoms with E-state index in [0.29, 0.717) is 17.9 Å². The summed E-state index contributed by atoms with van der Waals surface area (Å²) in [5, 5.41) is 6.15. The average molecular weight is 588 g/mol. The minimum absolute atomic E-state index is 0.165. The van der Waals surface area contributed by atoms with Crippen molar-refractivity contribution in [2.75, 3.05) is 5.01 Å². The number of hydrogen-bond acceptors (Lipinski definition) is 3. The van der Waals surface area contributed by atoms with Crippen molar-refractivity contribution in [1.82, 2.24) is 0 Å². The van der Waals surface area contributed by atoms with Gasteiger partial charge in [-0.3, -0.25) is 4.79 Å². The number of ether oxygens (including phenoxy) is 1. The lowest BCUT2D eigenvalue weighted by molar-refractivity contribution is -0.114. The van der Waals surface area contributed by atoms with E-state index in [1.54, 1.807) is 0 Å². The summed E-state index contributed by atoms with van der Waals surface area (Å²) in [6, 6.07) is 33.0. The number of rotatable bonds is 6. The predicted molar refractivity (Wildman–Crippen MR) is 147 cm³/mol. The first-order valence-electron chi connectivity index (χ1n) is 11.0. The highest BCUT2D eigenvalue weighted by Crippen LogP contribution is 2.31. The van der Waals surface area contributed by atoms with E-state index in [-0.39, 0.29) is 5.91 Å². The largest absolute Gasteiger partial charge is 0.488 e. The van der Waals surface area contributed by atoms with Gasteiger partial charge in [0.15, 0.2) is 0 Å². The lowest BCUT2D eigenvalue weighted by atomic mass is 10.0. The minimum atomic E-state index is -0.165. The van der Waals surface area contributed by atoms with Crippen LogP contribution in [0.25, 0.3) is 6.08 Å². The van der Waals surface area contributed by atoms with Crippen LogP contribution in [-0.4, -0.2) is 11.6 Å². The molecule has 0 radical (unpaired) electrons. The Morgan fingerprint density at radius 1 is 0.829 bits per heavy atom. The van der Waals surface area contributed by atoms with Crippen LogP contribution in [0, 0.1) is 0 Å². The van der Waals surface area contributed by atoms with Crippen molar-refractivity contribution in [3.05, 3.63) is 134 Å². The molecule has 1 aliphatic heterocycles. The van der Waals surface area contributed by atoms with Crippen LogP contribution >= 0.6 is 31.9 Å². The van der Waals surface area contributed by atoms with Crippen molar-refractivity contribution >= 4 is 55.2 Å². The second-order valence-corrected chi connectivity index (χ2v) is 9.70.